The fraction of sp³-hybridized carbons (Fsp3) is 0.190. The molecule has 0 spiro atoms. The van der Waals surface area contributed by atoms with Gasteiger partial charge in [0.2, 0.25) is 0 Å². The van der Waals surface area contributed by atoms with Crippen molar-refractivity contribution in [2.45, 2.75) is 13.5 Å². The zero-order valence-corrected chi connectivity index (χ0v) is 16.4. The quantitative estimate of drug-likeness (QED) is 0.473. The van der Waals surface area contributed by atoms with Crippen LogP contribution in [0.15, 0.2) is 59.6 Å². The molecule has 0 N–H and O–H groups in total. The van der Waals surface area contributed by atoms with Crippen LogP contribution in [0, 0.1) is 0 Å². The van der Waals surface area contributed by atoms with Crippen molar-refractivity contribution < 1.29 is 19.1 Å². The first kappa shape index (κ1) is 19.6. The molecule has 1 amide bonds. The number of rotatable bonds is 6. The summed E-state index contributed by atoms with van der Waals surface area (Å²) in [5, 5.41) is 0. The van der Waals surface area contributed by atoms with Crippen molar-refractivity contribution in [3.63, 3.8) is 0 Å². The first-order valence-corrected chi connectivity index (χ1v) is 9.57. The molecule has 1 aromatic heterocycles. The number of para-hydroxylation sites is 1. The van der Waals surface area contributed by atoms with Crippen LogP contribution in [0.4, 0.5) is 0 Å². The van der Waals surface area contributed by atoms with Crippen LogP contribution in [-0.2, 0) is 20.9 Å². The van der Waals surface area contributed by atoms with E-state index in [1.807, 2.05) is 42.5 Å². The van der Waals surface area contributed by atoms with Crippen LogP contribution in [-0.4, -0.2) is 30.2 Å². The molecule has 7 heteroatoms. The first-order chi connectivity index (χ1) is 13.6. The topological polar surface area (TPSA) is 69.9 Å². The highest BCUT2D eigenvalue weighted by Crippen LogP contribution is 2.27. The second-order valence-electron chi connectivity index (χ2n) is 5.78. The maximum atomic E-state index is 12.4. The lowest BCUT2D eigenvalue weighted by Gasteiger charge is -2.08. The van der Waals surface area contributed by atoms with Gasteiger partial charge in [0, 0.05) is 6.08 Å². The highest BCUT2D eigenvalue weighted by atomic mass is 32.1. The molecule has 0 fully saturated rings. The molecule has 3 aromatic rings. The predicted molar refractivity (Wildman–Crippen MR) is 109 cm³/mol. The Morgan fingerprint density at radius 3 is 2.64 bits per heavy atom. The summed E-state index contributed by atoms with van der Waals surface area (Å²) in [5.74, 6) is -0.208. The van der Waals surface area contributed by atoms with Gasteiger partial charge in [-0.15, -0.1) is 0 Å². The summed E-state index contributed by atoms with van der Waals surface area (Å²) >= 11 is 1.32. The Hall–Kier alpha value is -3.19. The largest absolute Gasteiger partial charge is 0.495 e. The van der Waals surface area contributed by atoms with Gasteiger partial charge in [0.25, 0.3) is 5.91 Å². The Bertz CT molecular complexity index is 1080. The first-order valence-electron chi connectivity index (χ1n) is 8.76. The second-order valence-corrected chi connectivity index (χ2v) is 6.79. The summed E-state index contributed by atoms with van der Waals surface area (Å²) in [6, 6.07) is 15.1. The Morgan fingerprint density at radius 2 is 1.93 bits per heavy atom. The lowest BCUT2D eigenvalue weighted by molar-refractivity contribution is -0.143. The van der Waals surface area contributed by atoms with Gasteiger partial charge >= 0.3 is 5.97 Å². The molecule has 0 aliphatic heterocycles. The molecular formula is C21H20N2O4S. The molecule has 0 aliphatic carbocycles. The van der Waals surface area contributed by atoms with Crippen LogP contribution in [0.3, 0.4) is 0 Å². The van der Waals surface area contributed by atoms with Crippen molar-refractivity contribution in [2.75, 3.05) is 13.7 Å². The average molecular weight is 396 g/mol. The summed E-state index contributed by atoms with van der Waals surface area (Å²) in [5.41, 5.74) is 1.62. The van der Waals surface area contributed by atoms with Gasteiger partial charge < -0.3 is 14.0 Å². The van der Waals surface area contributed by atoms with Gasteiger partial charge in [-0.2, -0.15) is 4.99 Å². The number of hydrogen-bond donors (Lipinski definition) is 0. The van der Waals surface area contributed by atoms with E-state index in [0.717, 1.165) is 10.3 Å². The van der Waals surface area contributed by atoms with E-state index in [2.05, 4.69) is 4.99 Å². The van der Waals surface area contributed by atoms with Crippen molar-refractivity contribution in [3.8, 4) is 5.75 Å². The van der Waals surface area contributed by atoms with E-state index in [-0.39, 0.29) is 13.2 Å². The predicted octanol–water partition coefficient (Wildman–Crippen LogP) is 3.42. The molecule has 0 saturated heterocycles. The molecule has 6 nitrogen and oxygen atoms in total. The number of carbonyl (C=O) groups is 2. The van der Waals surface area contributed by atoms with Crippen LogP contribution in [0.25, 0.3) is 16.3 Å². The van der Waals surface area contributed by atoms with Crippen LogP contribution in [0.2, 0.25) is 0 Å². The number of carbonyl (C=O) groups excluding carboxylic acids is 2. The number of methoxy groups -OCH3 is 1. The van der Waals surface area contributed by atoms with Gasteiger partial charge in [0.1, 0.15) is 17.8 Å². The molecule has 0 aliphatic rings. The second kappa shape index (κ2) is 9.14. The third kappa shape index (κ3) is 4.55. The average Bonchev–Trinajstić information content (AvgIpc) is 3.04. The number of aromatic nitrogens is 1. The number of nitrogens with zero attached hydrogens (tertiary/aromatic N) is 2. The third-order valence-electron chi connectivity index (χ3n) is 3.90. The minimum atomic E-state index is -0.410. The minimum Gasteiger partial charge on any atom is -0.495 e. The normalized spacial score (nSPS) is 11.9. The van der Waals surface area contributed by atoms with Gasteiger partial charge in [0.15, 0.2) is 4.80 Å². The van der Waals surface area contributed by atoms with Crippen molar-refractivity contribution >= 4 is 39.5 Å². The highest BCUT2D eigenvalue weighted by Gasteiger charge is 2.15. The minimum absolute atomic E-state index is 0.0529. The lowest BCUT2D eigenvalue weighted by Crippen LogP contribution is -2.23. The summed E-state index contributed by atoms with van der Waals surface area (Å²) in [7, 11) is 1.56. The number of esters is 1. The molecule has 144 valence electrons. The molecule has 1 heterocycles. The van der Waals surface area contributed by atoms with Crippen LogP contribution in [0.5, 0.6) is 5.75 Å². The number of hydrogen-bond acceptors (Lipinski definition) is 5. The summed E-state index contributed by atoms with van der Waals surface area (Å²) < 4.78 is 13.0. The molecule has 28 heavy (non-hydrogen) atoms. The lowest BCUT2D eigenvalue weighted by atomic mass is 10.2. The van der Waals surface area contributed by atoms with E-state index in [4.69, 9.17) is 9.47 Å². The molecule has 0 atom stereocenters. The van der Waals surface area contributed by atoms with Crippen LogP contribution < -0.4 is 9.54 Å². The van der Waals surface area contributed by atoms with Crippen LogP contribution >= 0.6 is 11.3 Å². The van der Waals surface area contributed by atoms with E-state index >= 15 is 0 Å². The smallest absolute Gasteiger partial charge is 0.326 e. The fourth-order valence-electron chi connectivity index (χ4n) is 2.69. The molecule has 0 unspecified atom stereocenters. The summed E-state index contributed by atoms with van der Waals surface area (Å²) in [6.45, 7) is 1.98. The van der Waals surface area contributed by atoms with Crippen LogP contribution in [0.1, 0.15) is 12.5 Å². The molecule has 0 radical (unpaired) electrons. The number of amides is 1. The van der Waals surface area contributed by atoms with Gasteiger partial charge in [-0.25, -0.2) is 0 Å². The number of thiazole rings is 1. The third-order valence-corrected chi connectivity index (χ3v) is 4.94. The SMILES string of the molecule is CCOC(=O)Cn1c(=NC(=O)/C=C/c2ccccc2)sc2cccc(OC)c21. The highest BCUT2D eigenvalue weighted by molar-refractivity contribution is 7.16. The number of ether oxygens (including phenoxy) is 2. The zero-order valence-electron chi connectivity index (χ0n) is 15.6. The van der Waals surface area contributed by atoms with E-state index in [1.165, 1.54) is 17.4 Å². The Labute approximate surface area is 166 Å². The molecule has 0 bridgehead atoms. The Balaban J connectivity index is 2.03. The maximum absolute atomic E-state index is 12.4. The molecule has 2 aromatic carbocycles. The number of fused-ring (bicyclic) bond motifs is 1. The fourth-order valence-corrected chi connectivity index (χ4v) is 3.75. The Kier molecular flexibility index (Phi) is 6.39. The van der Waals surface area contributed by atoms with Crippen molar-refractivity contribution in [1.29, 1.82) is 0 Å². The summed E-state index contributed by atoms with van der Waals surface area (Å²) in [6.07, 6.45) is 3.11. The van der Waals surface area contributed by atoms with Gasteiger partial charge in [-0.3, -0.25) is 9.59 Å². The summed E-state index contributed by atoms with van der Waals surface area (Å²) in [4.78, 5) is 29.1. The maximum Gasteiger partial charge on any atom is 0.326 e. The van der Waals surface area contributed by atoms with E-state index in [0.29, 0.717) is 16.1 Å². The van der Waals surface area contributed by atoms with Gasteiger partial charge in [-0.05, 0) is 30.7 Å². The van der Waals surface area contributed by atoms with E-state index in [1.54, 1.807) is 30.7 Å². The standard InChI is InChI=1S/C21H20N2O4S/c1-3-27-19(25)14-23-20-16(26-2)10-7-11-17(20)28-21(23)22-18(24)13-12-15-8-5-4-6-9-15/h4-13H,3,14H2,1-2H3/b13-12+,22-21?. The van der Waals surface area contributed by atoms with Gasteiger partial charge in [-0.1, -0.05) is 47.7 Å². The van der Waals surface area contributed by atoms with Gasteiger partial charge in [0.05, 0.1) is 18.4 Å². The Morgan fingerprint density at radius 1 is 1.14 bits per heavy atom. The van der Waals surface area contributed by atoms with E-state index in [9.17, 15) is 9.59 Å². The molecular weight excluding hydrogens is 376 g/mol. The van der Waals surface area contributed by atoms with Crippen molar-refractivity contribution in [2.24, 2.45) is 4.99 Å². The molecule has 3 rings (SSSR count). The van der Waals surface area contributed by atoms with E-state index < -0.39 is 11.9 Å². The molecule has 0 saturated carbocycles. The monoisotopic (exact) mass is 396 g/mol. The number of benzene rings is 2. The van der Waals surface area contributed by atoms with Crippen molar-refractivity contribution in [3.05, 3.63) is 65.0 Å². The van der Waals surface area contributed by atoms with Crippen molar-refractivity contribution in [1.82, 2.24) is 4.57 Å². The zero-order chi connectivity index (χ0) is 19.9.